The van der Waals surface area contributed by atoms with E-state index in [-0.39, 0.29) is 0 Å². The monoisotopic (exact) mass is 292 g/mol. The average molecular weight is 292 g/mol. The highest BCUT2D eigenvalue weighted by Gasteiger charge is 2.09. The van der Waals surface area contributed by atoms with Crippen molar-refractivity contribution in [1.29, 1.82) is 0 Å². The molecular formula is C16H16N6. The Bertz CT molecular complexity index is 722. The molecule has 0 aliphatic rings. The Morgan fingerprint density at radius 1 is 0.636 bits per heavy atom. The fraction of sp³-hybridized carbons (Fsp3) is 0.250. The molecule has 0 amide bonds. The van der Waals surface area contributed by atoms with Crippen LogP contribution in [0.3, 0.4) is 0 Å². The van der Waals surface area contributed by atoms with Gasteiger partial charge in [0.2, 0.25) is 0 Å². The van der Waals surface area contributed by atoms with E-state index in [2.05, 4.69) is 20.1 Å². The predicted octanol–water partition coefficient (Wildman–Crippen LogP) is 6.47. The SMILES string of the molecule is Cc1cc(-c2cc(C)c(N=[N+]=[N-])c(C)c2)cc(C)c1N=[N+]=[N-]. The van der Waals surface area contributed by atoms with Gasteiger partial charge in [-0.15, -0.1) is 0 Å². The summed E-state index contributed by atoms with van der Waals surface area (Å²) in [6, 6.07) is 7.99. The third kappa shape index (κ3) is 2.88. The van der Waals surface area contributed by atoms with Crippen LogP contribution >= 0.6 is 0 Å². The van der Waals surface area contributed by atoms with Gasteiger partial charge in [-0.2, -0.15) is 0 Å². The van der Waals surface area contributed by atoms with Gasteiger partial charge in [-0.25, -0.2) is 0 Å². The van der Waals surface area contributed by atoms with E-state index in [1.165, 1.54) is 0 Å². The molecule has 110 valence electrons. The predicted molar refractivity (Wildman–Crippen MR) is 88.4 cm³/mol. The molecule has 0 heterocycles. The van der Waals surface area contributed by atoms with E-state index in [1.807, 2.05) is 52.0 Å². The molecule has 0 N–H and O–H groups in total. The summed E-state index contributed by atoms with van der Waals surface area (Å²) in [5.41, 5.74) is 24.4. The highest BCUT2D eigenvalue weighted by atomic mass is 15.1. The number of azide groups is 2. The molecule has 0 saturated carbocycles. The minimum Gasteiger partial charge on any atom is -0.0602 e. The highest BCUT2D eigenvalue weighted by molar-refractivity contribution is 5.73. The number of benzene rings is 2. The van der Waals surface area contributed by atoms with E-state index >= 15 is 0 Å². The summed E-state index contributed by atoms with van der Waals surface area (Å²) in [7, 11) is 0. The first-order valence-electron chi connectivity index (χ1n) is 6.81. The van der Waals surface area contributed by atoms with Crippen molar-refractivity contribution in [2.45, 2.75) is 27.7 Å². The molecule has 0 atom stereocenters. The molecule has 0 aliphatic heterocycles. The minimum atomic E-state index is 0.672. The smallest absolute Gasteiger partial charge is 0.0434 e. The third-order valence-corrected chi connectivity index (χ3v) is 3.60. The molecule has 0 unspecified atom stereocenters. The van der Waals surface area contributed by atoms with Crippen molar-refractivity contribution in [3.8, 4) is 11.1 Å². The topological polar surface area (TPSA) is 97.5 Å². The lowest BCUT2D eigenvalue weighted by Gasteiger charge is -2.12. The van der Waals surface area contributed by atoms with Gasteiger partial charge in [-0.05, 0) is 72.1 Å². The fourth-order valence-electron chi connectivity index (χ4n) is 2.65. The Kier molecular flexibility index (Phi) is 4.37. The van der Waals surface area contributed by atoms with Crippen LogP contribution in [0.25, 0.3) is 32.0 Å². The molecule has 22 heavy (non-hydrogen) atoms. The van der Waals surface area contributed by atoms with Gasteiger partial charge in [0.15, 0.2) is 0 Å². The van der Waals surface area contributed by atoms with Crippen LogP contribution in [0.5, 0.6) is 0 Å². The second kappa shape index (κ2) is 6.22. The van der Waals surface area contributed by atoms with Crippen LogP contribution in [0.2, 0.25) is 0 Å². The molecule has 0 aromatic heterocycles. The van der Waals surface area contributed by atoms with Crippen LogP contribution in [-0.4, -0.2) is 0 Å². The second-order valence-electron chi connectivity index (χ2n) is 5.30. The van der Waals surface area contributed by atoms with Gasteiger partial charge in [-0.1, -0.05) is 34.5 Å². The highest BCUT2D eigenvalue weighted by Crippen LogP contribution is 2.34. The summed E-state index contributed by atoms with van der Waals surface area (Å²) in [6.07, 6.45) is 0. The first kappa shape index (κ1) is 15.4. The zero-order valence-electron chi connectivity index (χ0n) is 13.0. The number of hydrogen-bond donors (Lipinski definition) is 0. The van der Waals surface area contributed by atoms with Crippen molar-refractivity contribution in [2.75, 3.05) is 0 Å². The maximum atomic E-state index is 8.63. The maximum absolute atomic E-state index is 8.63. The maximum Gasteiger partial charge on any atom is 0.0434 e. The van der Waals surface area contributed by atoms with Gasteiger partial charge < -0.3 is 0 Å². The zero-order valence-corrected chi connectivity index (χ0v) is 13.0. The first-order chi connectivity index (χ1) is 10.5. The van der Waals surface area contributed by atoms with Gasteiger partial charge in [-0.3, -0.25) is 0 Å². The summed E-state index contributed by atoms with van der Waals surface area (Å²) in [6.45, 7) is 7.70. The molecule has 0 saturated heterocycles. The van der Waals surface area contributed by atoms with Crippen molar-refractivity contribution in [1.82, 2.24) is 0 Å². The first-order valence-corrected chi connectivity index (χ1v) is 6.81. The number of nitrogens with zero attached hydrogens (tertiary/aromatic N) is 6. The standard InChI is InChI=1S/C16H16N6/c1-9-5-13(6-10(2)15(9)19-21-17)14-7-11(3)16(20-22-18)12(4)8-14/h5-8H,1-4H3. The van der Waals surface area contributed by atoms with E-state index in [1.54, 1.807) is 0 Å². The van der Waals surface area contributed by atoms with Crippen LogP contribution in [0.4, 0.5) is 11.4 Å². The third-order valence-electron chi connectivity index (χ3n) is 3.60. The Morgan fingerprint density at radius 2 is 0.909 bits per heavy atom. The lowest BCUT2D eigenvalue weighted by atomic mass is 9.95. The van der Waals surface area contributed by atoms with E-state index in [0.29, 0.717) is 11.4 Å². The minimum absolute atomic E-state index is 0.672. The van der Waals surface area contributed by atoms with Gasteiger partial charge in [0.1, 0.15) is 0 Å². The van der Waals surface area contributed by atoms with Gasteiger partial charge in [0.05, 0.1) is 0 Å². The Labute approximate surface area is 128 Å². The van der Waals surface area contributed by atoms with Gasteiger partial charge >= 0.3 is 0 Å². The second-order valence-corrected chi connectivity index (χ2v) is 5.30. The molecule has 6 heteroatoms. The lowest BCUT2D eigenvalue weighted by Crippen LogP contribution is -1.88. The quantitative estimate of drug-likeness (QED) is 0.352. The Balaban J connectivity index is 2.63. The number of aryl methyl sites for hydroxylation is 4. The van der Waals surface area contributed by atoms with Gasteiger partial charge in [0.25, 0.3) is 0 Å². The zero-order chi connectivity index (χ0) is 16.3. The number of hydrogen-bond acceptors (Lipinski definition) is 2. The summed E-state index contributed by atoms with van der Waals surface area (Å²) in [4.78, 5) is 5.74. The summed E-state index contributed by atoms with van der Waals surface area (Å²) < 4.78 is 0. The Morgan fingerprint density at radius 3 is 1.14 bits per heavy atom. The molecular weight excluding hydrogens is 276 g/mol. The molecule has 0 aliphatic carbocycles. The largest absolute Gasteiger partial charge is 0.0602 e. The van der Waals surface area contributed by atoms with Crippen LogP contribution in [0.15, 0.2) is 34.5 Å². The average Bonchev–Trinajstić information content (AvgIpc) is 2.46. The Hall–Kier alpha value is -2.94. The van der Waals surface area contributed by atoms with Crippen LogP contribution in [0, 0.1) is 27.7 Å². The van der Waals surface area contributed by atoms with Crippen LogP contribution < -0.4 is 0 Å². The van der Waals surface area contributed by atoms with E-state index in [4.69, 9.17) is 11.1 Å². The molecule has 0 fully saturated rings. The molecule has 0 bridgehead atoms. The molecule has 6 nitrogen and oxygen atoms in total. The van der Waals surface area contributed by atoms with Crippen molar-refractivity contribution < 1.29 is 0 Å². The lowest BCUT2D eigenvalue weighted by molar-refractivity contribution is 1.29. The normalized spacial score (nSPS) is 9.82. The summed E-state index contributed by atoms with van der Waals surface area (Å²) in [5, 5.41) is 7.48. The van der Waals surface area contributed by atoms with E-state index in [9.17, 15) is 0 Å². The summed E-state index contributed by atoms with van der Waals surface area (Å²) in [5.74, 6) is 0. The van der Waals surface area contributed by atoms with Crippen LogP contribution in [-0.2, 0) is 0 Å². The van der Waals surface area contributed by atoms with Gasteiger partial charge in [0, 0.05) is 21.2 Å². The molecule has 2 aromatic rings. The molecule has 2 rings (SSSR count). The van der Waals surface area contributed by atoms with E-state index in [0.717, 1.165) is 33.4 Å². The van der Waals surface area contributed by atoms with Crippen molar-refractivity contribution >= 4 is 11.4 Å². The van der Waals surface area contributed by atoms with Crippen molar-refractivity contribution in [3.63, 3.8) is 0 Å². The van der Waals surface area contributed by atoms with Crippen molar-refractivity contribution in [3.05, 3.63) is 67.4 Å². The van der Waals surface area contributed by atoms with E-state index < -0.39 is 0 Å². The molecule has 0 radical (unpaired) electrons. The van der Waals surface area contributed by atoms with Crippen molar-refractivity contribution in [2.24, 2.45) is 10.2 Å². The molecule has 0 spiro atoms. The summed E-state index contributed by atoms with van der Waals surface area (Å²) >= 11 is 0. The fourth-order valence-corrected chi connectivity index (χ4v) is 2.65. The molecule has 2 aromatic carbocycles. The van der Waals surface area contributed by atoms with Crippen LogP contribution in [0.1, 0.15) is 22.3 Å². The number of rotatable bonds is 3.